The molecule has 2 rings (SSSR count). The van der Waals surface area contributed by atoms with Crippen molar-refractivity contribution >= 4 is 11.7 Å². The van der Waals surface area contributed by atoms with Gasteiger partial charge in [0.1, 0.15) is 0 Å². The van der Waals surface area contributed by atoms with Crippen molar-refractivity contribution in [2.75, 3.05) is 6.54 Å². The van der Waals surface area contributed by atoms with Gasteiger partial charge in [-0.15, -0.1) is 0 Å². The topological polar surface area (TPSA) is 66.4 Å². The van der Waals surface area contributed by atoms with E-state index in [2.05, 4.69) is 5.32 Å². The highest BCUT2D eigenvalue weighted by atomic mass is 19.2. The van der Waals surface area contributed by atoms with Gasteiger partial charge in [0.25, 0.3) is 0 Å². The second-order valence-corrected chi connectivity index (χ2v) is 6.47. The molecular formula is C18H23F2NO3. The molecule has 1 aliphatic carbocycles. The Kier molecular flexibility index (Phi) is 6.43. The molecule has 1 aromatic rings. The standard InChI is InChI=1S/C18H23F2NO3/c19-14-6-5-13(11-15(14)20)16(22)7-8-17(23)21-12-18(24)9-3-1-2-4-10-18/h5-6,11,24H,1-4,7-10,12H2,(H,21,23). The van der Waals surface area contributed by atoms with Crippen molar-refractivity contribution < 1.29 is 23.5 Å². The van der Waals surface area contributed by atoms with Crippen LogP contribution in [0, 0.1) is 11.6 Å². The first-order chi connectivity index (χ1) is 11.4. The van der Waals surface area contributed by atoms with E-state index in [4.69, 9.17) is 0 Å². The van der Waals surface area contributed by atoms with Crippen molar-refractivity contribution in [2.45, 2.75) is 57.0 Å². The Bertz CT molecular complexity index is 596. The van der Waals surface area contributed by atoms with E-state index >= 15 is 0 Å². The molecule has 0 atom stereocenters. The molecule has 1 amide bonds. The summed E-state index contributed by atoms with van der Waals surface area (Å²) in [7, 11) is 0. The smallest absolute Gasteiger partial charge is 0.220 e. The lowest BCUT2D eigenvalue weighted by Gasteiger charge is -2.26. The van der Waals surface area contributed by atoms with Crippen LogP contribution in [0.4, 0.5) is 8.78 Å². The van der Waals surface area contributed by atoms with Gasteiger partial charge in [-0.05, 0) is 31.0 Å². The SMILES string of the molecule is O=C(CCC(=O)c1ccc(F)c(F)c1)NCC1(O)CCCCCC1. The number of hydrogen-bond acceptors (Lipinski definition) is 3. The predicted molar refractivity (Wildman–Crippen MR) is 85.6 cm³/mol. The normalized spacial score (nSPS) is 17.1. The summed E-state index contributed by atoms with van der Waals surface area (Å²) in [5.74, 6) is -2.84. The summed E-state index contributed by atoms with van der Waals surface area (Å²) in [6, 6.07) is 2.93. The summed E-state index contributed by atoms with van der Waals surface area (Å²) in [6.07, 6.45) is 5.28. The molecule has 0 saturated heterocycles. The first-order valence-corrected chi connectivity index (χ1v) is 8.37. The number of rotatable bonds is 6. The maximum absolute atomic E-state index is 13.1. The van der Waals surface area contributed by atoms with E-state index in [1.807, 2.05) is 0 Å². The summed E-state index contributed by atoms with van der Waals surface area (Å²) in [5.41, 5.74) is -0.819. The fourth-order valence-electron chi connectivity index (χ4n) is 2.96. The van der Waals surface area contributed by atoms with Crippen molar-refractivity contribution in [3.8, 4) is 0 Å². The molecule has 1 aromatic carbocycles. The Hall–Kier alpha value is -1.82. The van der Waals surface area contributed by atoms with Gasteiger partial charge in [0.15, 0.2) is 17.4 Å². The number of ketones is 1. The zero-order valence-corrected chi connectivity index (χ0v) is 13.6. The minimum atomic E-state index is -1.08. The third-order valence-corrected chi connectivity index (χ3v) is 4.47. The third kappa shape index (κ3) is 5.37. The highest BCUT2D eigenvalue weighted by molar-refractivity contribution is 5.97. The third-order valence-electron chi connectivity index (χ3n) is 4.47. The molecule has 0 bridgehead atoms. The number of nitrogens with one attached hydrogen (secondary N) is 1. The van der Waals surface area contributed by atoms with Gasteiger partial charge < -0.3 is 10.4 Å². The Morgan fingerprint density at radius 2 is 1.71 bits per heavy atom. The molecule has 0 unspecified atom stereocenters. The number of Topliss-reactive ketones (excluding diaryl/α,β-unsaturated/α-hetero) is 1. The zero-order chi connectivity index (χ0) is 17.6. The van der Waals surface area contributed by atoms with Gasteiger partial charge in [0.2, 0.25) is 5.91 Å². The zero-order valence-electron chi connectivity index (χ0n) is 13.6. The van der Waals surface area contributed by atoms with Gasteiger partial charge in [0, 0.05) is 24.9 Å². The van der Waals surface area contributed by atoms with Gasteiger partial charge >= 0.3 is 0 Å². The van der Waals surface area contributed by atoms with Crippen molar-refractivity contribution in [1.82, 2.24) is 5.32 Å². The summed E-state index contributed by atoms with van der Waals surface area (Å²) >= 11 is 0. The highest BCUT2D eigenvalue weighted by Gasteiger charge is 2.28. The van der Waals surface area contributed by atoms with Gasteiger partial charge in [-0.25, -0.2) is 8.78 Å². The van der Waals surface area contributed by atoms with Crippen LogP contribution in [0.25, 0.3) is 0 Å². The Morgan fingerprint density at radius 1 is 1.04 bits per heavy atom. The number of halogens is 2. The lowest BCUT2D eigenvalue weighted by atomic mass is 9.94. The molecule has 0 radical (unpaired) electrons. The summed E-state index contributed by atoms with van der Waals surface area (Å²) in [6.45, 7) is 0.186. The van der Waals surface area contributed by atoms with Crippen LogP contribution in [0.5, 0.6) is 0 Å². The van der Waals surface area contributed by atoms with E-state index < -0.39 is 23.0 Å². The van der Waals surface area contributed by atoms with Crippen LogP contribution in [-0.4, -0.2) is 28.9 Å². The quantitative estimate of drug-likeness (QED) is 0.618. The molecule has 24 heavy (non-hydrogen) atoms. The molecule has 0 aromatic heterocycles. The van der Waals surface area contributed by atoms with Crippen molar-refractivity contribution in [2.24, 2.45) is 0 Å². The monoisotopic (exact) mass is 339 g/mol. The molecule has 6 heteroatoms. The van der Waals surface area contributed by atoms with E-state index in [-0.39, 0.29) is 30.9 Å². The Labute approximate surface area is 140 Å². The number of carbonyl (C=O) groups excluding carboxylic acids is 2. The van der Waals surface area contributed by atoms with Gasteiger partial charge in [0.05, 0.1) is 5.60 Å². The fourth-order valence-corrected chi connectivity index (χ4v) is 2.96. The minimum absolute atomic E-state index is 0.0455. The Morgan fingerprint density at radius 3 is 2.33 bits per heavy atom. The van der Waals surface area contributed by atoms with Crippen LogP contribution in [-0.2, 0) is 4.79 Å². The molecule has 0 heterocycles. The molecular weight excluding hydrogens is 316 g/mol. The molecule has 1 aliphatic rings. The van der Waals surface area contributed by atoms with E-state index in [0.29, 0.717) is 12.8 Å². The maximum atomic E-state index is 13.1. The predicted octanol–water partition coefficient (Wildman–Crippen LogP) is 3.13. The number of benzene rings is 1. The van der Waals surface area contributed by atoms with Crippen LogP contribution in [0.15, 0.2) is 18.2 Å². The van der Waals surface area contributed by atoms with Crippen molar-refractivity contribution in [1.29, 1.82) is 0 Å². The average Bonchev–Trinajstić information content (AvgIpc) is 2.78. The van der Waals surface area contributed by atoms with Crippen LogP contribution in [0.1, 0.15) is 61.7 Å². The molecule has 132 valence electrons. The fraction of sp³-hybridized carbons (Fsp3) is 0.556. The van der Waals surface area contributed by atoms with E-state index in [1.165, 1.54) is 6.07 Å². The lowest BCUT2D eigenvalue weighted by Crippen LogP contribution is -2.42. The summed E-state index contributed by atoms with van der Waals surface area (Å²) < 4.78 is 26.0. The van der Waals surface area contributed by atoms with E-state index in [1.54, 1.807) is 0 Å². The Balaban J connectivity index is 1.78. The van der Waals surface area contributed by atoms with Gasteiger partial charge in [-0.3, -0.25) is 9.59 Å². The first kappa shape index (κ1) is 18.5. The van der Waals surface area contributed by atoms with E-state index in [9.17, 15) is 23.5 Å². The van der Waals surface area contributed by atoms with Crippen LogP contribution >= 0.6 is 0 Å². The van der Waals surface area contributed by atoms with Gasteiger partial charge in [-0.2, -0.15) is 0 Å². The summed E-state index contributed by atoms with van der Waals surface area (Å²) in [4.78, 5) is 23.8. The van der Waals surface area contributed by atoms with Crippen LogP contribution < -0.4 is 5.32 Å². The second kappa shape index (κ2) is 8.33. The first-order valence-electron chi connectivity index (χ1n) is 8.37. The van der Waals surface area contributed by atoms with E-state index in [0.717, 1.165) is 37.8 Å². The minimum Gasteiger partial charge on any atom is -0.388 e. The summed E-state index contributed by atoms with van der Waals surface area (Å²) in [5, 5.41) is 13.1. The van der Waals surface area contributed by atoms with Crippen LogP contribution in [0.3, 0.4) is 0 Å². The highest BCUT2D eigenvalue weighted by Crippen LogP contribution is 2.26. The van der Waals surface area contributed by atoms with Crippen LogP contribution in [0.2, 0.25) is 0 Å². The maximum Gasteiger partial charge on any atom is 0.220 e. The molecule has 4 nitrogen and oxygen atoms in total. The van der Waals surface area contributed by atoms with Crippen molar-refractivity contribution in [3.63, 3.8) is 0 Å². The molecule has 0 aliphatic heterocycles. The molecule has 0 spiro atoms. The lowest BCUT2D eigenvalue weighted by molar-refractivity contribution is -0.122. The number of hydrogen-bond donors (Lipinski definition) is 2. The number of carbonyl (C=O) groups is 2. The number of aliphatic hydroxyl groups is 1. The largest absolute Gasteiger partial charge is 0.388 e. The molecule has 1 saturated carbocycles. The van der Waals surface area contributed by atoms with Gasteiger partial charge in [-0.1, -0.05) is 25.7 Å². The molecule has 1 fully saturated rings. The number of amides is 1. The molecule has 2 N–H and O–H groups in total. The average molecular weight is 339 g/mol. The van der Waals surface area contributed by atoms with Crippen molar-refractivity contribution in [3.05, 3.63) is 35.4 Å². The second-order valence-electron chi connectivity index (χ2n) is 6.47.